The van der Waals surface area contributed by atoms with E-state index in [9.17, 15) is 9.59 Å². The highest BCUT2D eigenvalue weighted by Gasteiger charge is 2.34. The molecule has 0 radical (unpaired) electrons. The highest BCUT2D eigenvalue weighted by Crippen LogP contribution is 2.26. The Balaban J connectivity index is 1.97. The van der Waals surface area contributed by atoms with E-state index in [-0.39, 0.29) is 5.70 Å². The highest BCUT2D eigenvalue weighted by molar-refractivity contribution is 9.10. The van der Waals surface area contributed by atoms with Crippen LogP contribution in [0.5, 0.6) is 0 Å². The molecule has 1 N–H and O–H groups in total. The first kappa shape index (κ1) is 14.8. The second kappa shape index (κ2) is 5.94. The normalized spacial score (nSPS) is 16.3. The van der Waals surface area contributed by atoms with Crippen LogP contribution in [0, 0.1) is 0 Å². The molecule has 4 nitrogen and oxygen atoms in total. The highest BCUT2D eigenvalue weighted by atomic mass is 79.9. The van der Waals surface area contributed by atoms with Crippen molar-refractivity contribution in [1.82, 2.24) is 5.32 Å². The molecule has 1 fully saturated rings. The van der Waals surface area contributed by atoms with Gasteiger partial charge in [0, 0.05) is 9.50 Å². The van der Waals surface area contributed by atoms with Crippen LogP contribution in [-0.2, 0) is 4.79 Å². The number of amides is 3. The second-order valence-electron chi connectivity index (χ2n) is 4.63. The van der Waals surface area contributed by atoms with Gasteiger partial charge >= 0.3 is 6.03 Å². The summed E-state index contributed by atoms with van der Waals surface area (Å²) in [7, 11) is 0. The maximum atomic E-state index is 12.5. The fraction of sp³-hybridized carbons (Fsp3) is 0. The molecule has 6 heteroatoms. The number of carbonyl (C=O) groups is 2. The lowest BCUT2D eigenvalue weighted by molar-refractivity contribution is -0.113. The monoisotopic (exact) mass is 376 g/mol. The average molecular weight is 378 g/mol. The zero-order chi connectivity index (χ0) is 15.7. The van der Waals surface area contributed by atoms with Crippen molar-refractivity contribution in [3.05, 3.63) is 69.3 Å². The molecule has 110 valence electrons. The van der Waals surface area contributed by atoms with Gasteiger partial charge in [-0.1, -0.05) is 51.8 Å². The van der Waals surface area contributed by atoms with Gasteiger partial charge in [-0.3, -0.25) is 4.79 Å². The summed E-state index contributed by atoms with van der Waals surface area (Å²) in [6, 6.07) is 13.5. The fourth-order valence-corrected chi connectivity index (χ4v) is 2.72. The Morgan fingerprint density at radius 2 is 1.86 bits per heavy atom. The summed E-state index contributed by atoms with van der Waals surface area (Å²) in [6.07, 6.45) is 1.63. The van der Waals surface area contributed by atoms with Crippen LogP contribution in [0.25, 0.3) is 6.08 Å². The Labute approximate surface area is 140 Å². The fourth-order valence-electron chi connectivity index (χ4n) is 2.13. The van der Waals surface area contributed by atoms with Crippen molar-refractivity contribution in [1.29, 1.82) is 0 Å². The summed E-state index contributed by atoms with van der Waals surface area (Å²) >= 11 is 9.32. The number of halogens is 2. The van der Waals surface area contributed by atoms with Crippen LogP contribution in [0.15, 0.2) is 58.7 Å². The molecule has 1 aliphatic rings. The summed E-state index contributed by atoms with van der Waals surface area (Å²) < 4.78 is 0.839. The predicted octanol–water partition coefficient (Wildman–Crippen LogP) is 4.20. The topological polar surface area (TPSA) is 49.4 Å². The minimum Gasteiger partial charge on any atom is -0.302 e. The summed E-state index contributed by atoms with van der Waals surface area (Å²) in [6.45, 7) is 0. The van der Waals surface area contributed by atoms with Crippen molar-refractivity contribution in [2.75, 3.05) is 4.90 Å². The van der Waals surface area contributed by atoms with E-state index >= 15 is 0 Å². The van der Waals surface area contributed by atoms with Gasteiger partial charge in [0.15, 0.2) is 0 Å². The molecule has 1 saturated heterocycles. The van der Waals surface area contributed by atoms with Crippen LogP contribution < -0.4 is 10.2 Å². The first-order chi connectivity index (χ1) is 10.6. The lowest BCUT2D eigenvalue weighted by Crippen LogP contribution is -2.30. The Hall–Kier alpha value is -2.11. The number of nitrogens with one attached hydrogen (secondary N) is 1. The third-order valence-corrected chi connectivity index (χ3v) is 4.11. The van der Waals surface area contributed by atoms with Gasteiger partial charge in [-0.25, -0.2) is 9.69 Å². The molecule has 0 bridgehead atoms. The van der Waals surface area contributed by atoms with E-state index in [2.05, 4.69) is 21.2 Å². The van der Waals surface area contributed by atoms with E-state index in [1.54, 1.807) is 30.3 Å². The summed E-state index contributed by atoms with van der Waals surface area (Å²) in [5, 5.41) is 3.04. The molecular weight excluding hydrogens is 368 g/mol. The molecule has 1 heterocycles. The SMILES string of the molecule is O=C1N/C(=C/c2ccccc2Br)C(=O)N1c1cccc(Cl)c1. The zero-order valence-corrected chi connectivity index (χ0v) is 13.6. The van der Waals surface area contributed by atoms with Gasteiger partial charge in [-0.15, -0.1) is 0 Å². The maximum absolute atomic E-state index is 12.5. The predicted molar refractivity (Wildman–Crippen MR) is 89.6 cm³/mol. The zero-order valence-electron chi connectivity index (χ0n) is 11.2. The van der Waals surface area contributed by atoms with Crippen molar-refractivity contribution in [3.63, 3.8) is 0 Å². The van der Waals surface area contributed by atoms with Gasteiger partial charge < -0.3 is 5.32 Å². The summed E-state index contributed by atoms with van der Waals surface area (Å²) in [5.41, 5.74) is 1.46. The minimum atomic E-state index is -0.495. The molecule has 22 heavy (non-hydrogen) atoms. The quantitative estimate of drug-likeness (QED) is 0.630. The van der Waals surface area contributed by atoms with E-state index in [1.807, 2.05) is 24.3 Å². The molecule has 0 spiro atoms. The maximum Gasteiger partial charge on any atom is 0.333 e. The molecule has 2 aromatic rings. The molecule has 0 aromatic heterocycles. The number of benzene rings is 2. The lowest BCUT2D eigenvalue weighted by Gasteiger charge is -2.11. The standard InChI is InChI=1S/C16H10BrClN2O2/c17-13-7-2-1-4-10(13)8-14-15(21)20(16(22)19-14)12-6-3-5-11(18)9-12/h1-9H,(H,19,22)/b14-8+. The van der Waals surface area contributed by atoms with Crippen LogP contribution in [0.3, 0.4) is 0 Å². The number of imide groups is 1. The molecule has 0 atom stereocenters. The number of urea groups is 1. The Kier molecular flexibility index (Phi) is 4.00. The molecule has 1 aliphatic heterocycles. The molecule has 0 saturated carbocycles. The van der Waals surface area contributed by atoms with E-state index in [0.717, 1.165) is 14.9 Å². The summed E-state index contributed by atoms with van der Waals surface area (Å²) in [4.78, 5) is 25.6. The van der Waals surface area contributed by atoms with Gasteiger partial charge in [-0.2, -0.15) is 0 Å². The largest absolute Gasteiger partial charge is 0.333 e. The minimum absolute atomic E-state index is 0.219. The summed E-state index contributed by atoms with van der Waals surface area (Å²) in [5.74, 6) is -0.414. The van der Waals surface area contributed by atoms with Crippen LogP contribution in [0.1, 0.15) is 5.56 Å². The molecule has 2 aromatic carbocycles. The van der Waals surface area contributed by atoms with Crippen molar-refractivity contribution in [3.8, 4) is 0 Å². The van der Waals surface area contributed by atoms with E-state index in [0.29, 0.717) is 10.7 Å². The molecule has 0 aliphatic carbocycles. The third-order valence-electron chi connectivity index (χ3n) is 3.15. The van der Waals surface area contributed by atoms with Gasteiger partial charge in [0.25, 0.3) is 5.91 Å². The first-order valence-electron chi connectivity index (χ1n) is 6.43. The number of rotatable bonds is 2. The lowest BCUT2D eigenvalue weighted by atomic mass is 10.2. The van der Waals surface area contributed by atoms with Crippen LogP contribution in [0.4, 0.5) is 10.5 Å². The van der Waals surface area contributed by atoms with E-state index in [1.165, 1.54) is 0 Å². The third kappa shape index (κ3) is 2.77. The molecule has 0 unspecified atom stereocenters. The number of hydrogen-bond donors (Lipinski definition) is 1. The number of carbonyl (C=O) groups excluding carboxylic acids is 2. The second-order valence-corrected chi connectivity index (χ2v) is 5.92. The van der Waals surface area contributed by atoms with Gasteiger partial charge in [0.05, 0.1) is 5.69 Å². The average Bonchev–Trinajstić information content (AvgIpc) is 2.76. The Morgan fingerprint density at radius 3 is 2.59 bits per heavy atom. The van der Waals surface area contributed by atoms with Gasteiger partial charge in [0.2, 0.25) is 0 Å². The van der Waals surface area contributed by atoms with Crippen molar-refractivity contribution in [2.45, 2.75) is 0 Å². The van der Waals surface area contributed by atoms with Gasteiger partial charge in [-0.05, 0) is 35.9 Å². The smallest absolute Gasteiger partial charge is 0.302 e. The molecular formula is C16H10BrClN2O2. The van der Waals surface area contributed by atoms with E-state index in [4.69, 9.17) is 11.6 Å². The molecule has 3 amide bonds. The first-order valence-corrected chi connectivity index (χ1v) is 7.60. The number of anilines is 1. The Bertz CT molecular complexity index is 804. The van der Waals surface area contributed by atoms with Crippen LogP contribution >= 0.6 is 27.5 Å². The van der Waals surface area contributed by atoms with Crippen molar-refractivity contribution >= 4 is 51.2 Å². The van der Waals surface area contributed by atoms with Crippen LogP contribution in [-0.4, -0.2) is 11.9 Å². The van der Waals surface area contributed by atoms with E-state index < -0.39 is 11.9 Å². The Morgan fingerprint density at radius 1 is 1.09 bits per heavy atom. The van der Waals surface area contributed by atoms with Crippen molar-refractivity contribution in [2.24, 2.45) is 0 Å². The van der Waals surface area contributed by atoms with Crippen molar-refractivity contribution < 1.29 is 9.59 Å². The van der Waals surface area contributed by atoms with Gasteiger partial charge in [0.1, 0.15) is 5.70 Å². The number of hydrogen-bond acceptors (Lipinski definition) is 2. The number of nitrogens with zero attached hydrogens (tertiary/aromatic N) is 1. The molecule has 3 rings (SSSR count). The van der Waals surface area contributed by atoms with Crippen LogP contribution in [0.2, 0.25) is 5.02 Å².